The smallest absolute Gasteiger partial charge is 0.362 e. The van der Waals surface area contributed by atoms with Crippen LogP contribution in [0.4, 0.5) is 0 Å². The van der Waals surface area contributed by atoms with Crippen LogP contribution in [-0.4, -0.2) is 26.1 Å². The van der Waals surface area contributed by atoms with Gasteiger partial charge in [0.2, 0.25) is 5.69 Å². The maximum Gasteiger partial charge on any atom is 0.362 e. The van der Waals surface area contributed by atoms with Gasteiger partial charge in [-0.15, -0.1) is 5.10 Å². The number of hydrogen-bond acceptors (Lipinski definition) is 3. The molecule has 0 saturated carbocycles. The number of nitrogens with one attached hydrogen (secondary N) is 1. The summed E-state index contributed by atoms with van der Waals surface area (Å²) < 4.78 is 1.12. The monoisotopic (exact) mass is 253 g/mol. The molecule has 0 aliphatic carbocycles. The average Bonchev–Trinajstić information content (AvgIpc) is 2.64. The van der Waals surface area contributed by atoms with Crippen LogP contribution in [0.2, 0.25) is 5.02 Å². The molecule has 2 N–H and O–H groups in total. The molecule has 0 spiro atoms. The maximum absolute atomic E-state index is 11.5. The molecule has 0 unspecified atom stereocenters. The Morgan fingerprint density at radius 2 is 2.06 bits per heavy atom. The van der Waals surface area contributed by atoms with Gasteiger partial charge in [-0.25, -0.2) is 14.7 Å². The lowest BCUT2D eigenvalue weighted by atomic mass is 10.2. The van der Waals surface area contributed by atoms with Crippen molar-refractivity contribution >= 4 is 17.6 Å². The molecule has 2 aromatic rings. The van der Waals surface area contributed by atoms with Crippen LogP contribution in [0.3, 0.4) is 0 Å². The van der Waals surface area contributed by atoms with Crippen molar-refractivity contribution in [1.82, 2.24) is 15.0 Å². The summed E-state index contributed by atoms with van der Waals surface area (Å²) in [4.78, 5) is 22.2. The molecule has 7 heteroatoms. The SMILES string of the molecule is O=C(O)c1n[nH]n(Cc2ccc(Cl)cc2)c1=O. The van der Waals surface area contributed by atoms with Gasteiger partial charge in [0, 0.05) is 5.02 Å². The molecular weight excluding hydrogens is 246 g/mol. The zero-order chi connectivity index (χ0) is 12.4. The normalized spacial score (nSPS) is 10.4. The Hall–Kier alpha value is -2.08. The highest BCUT2D eigenvalue weighted by molar-refractivity contribution is 6.30. The van der Waals surface area contributed by atoms with E-state index in [1.165, 1.54) is 0 Å². The van der Waals surface area contributed by atoms with Crippen LogP contribution < -0.4 is 5.56 Å². The summed E-state index contributed by atoms with van der Waals surface area (Å²) in [6.45, 7) is 0.219. The Labute approximate surface area is 100 Å². The number of halogens is 1. The summed E-state index contributed by atoms with van der Waals surface area (Å²) >= 11 is 5.73. The molecule has 88 valence electrons. The fraction of sp³-hybridized carbons (Fsp3) is 0.100. The lowest BCUT2D eigenvalue weighted by Crippen LogP contribution is -2.22. The van der Waals surface area contributed by atoms with Gasteiger partial charge in [-0.05, 0) is 17.7 Å². The van der Waals surface area contributed by atoms with Crippen LogP contribution in [0.5, 0.6) is 0 Å². The van der Waals surface area contributed by atoms with E-state index < -0.39 is 17.2 Å². The molecule has 0 bridgehead atoms. The van der Waals surface area contributed by atoms with E-state index in [1.54, 1.807) is 24.3 Å². The lowest BCUT2D eigenvalue weighted by molar-refractivity contribution is 0.0689. The average molecular weight is 254 g/mol. The van der Waals surface area contributed by atoms with Gasteiger partial charge >= 0.3 is 11.5 Å². The minimum absolute atomic E-state index is 0.219. The zero-order valence-corrected chi connectivity index (χ0v) is 9.31. The van der Waals surface area contributed by atoms with Gasteiger partial charge < -0.3 is 5.11 Å². The van der Waals surface area contributed by atoms with Gasteiger partial charge in [-0.2, -0.15) is 0 Å². The molecule has 0 atom stereocenters. The number of carboxylic acids is 1. The molecule has 0 fully saturated rings. The van der Waals surface area contributed by atoms with Crippen LogP contribution in [-0.2, 0) is 6.54 Å². The van der Waals surface area contributed by atoms with Gasteiger partial charge in [0.05, 0.1) is 6.54 Å². The van der Waals surface area contributed by atoms with Crippen LogP contribution in [0.25, 0.3) is 0 Å². The number of aromatic amines is 1. The minimum atomic E-state index is -1.35. The first-order chi connectivity index (χ1) is 8.08. The van der Waals surface area contributed by atoms with E-state index in [-0.39, 0.29) is 6.54 Å². The van der Waals surface area contributed by atoms with Crippen LogP contribution >= 0.6 is 11.6 Å². The van der Waals surface area contributed by atoms with Gasteiger partial charge in [0.15, 0.2) is 0 Å². The second kappa shape index (κ2) is 4.42. The van der Waals surface area contributed by atoms with Gasteiger partial charge in [0.25, 0.3) is 0 Å². The fourth-order valence-corrected chi connectivity index (χ4v) is 1.48. The lowest BCUT2D eigenvalue weighted by Gasteiger charge is -2.00. The third-order valence-corrected chi connectivity index (χ3v) is 2.44. The standard InChI is InChI=1S/C10H8ClN3O3/c11-7-3-1-6(2-4-7)5-14-9(15)8(10(16)17)12-13-14/h1-4,13H,5H2,(H,16,17). The van der Waals surface area contributed by atoms with Crippen molar-refractivity contribution in [2.24, 2.45) is 0 Å². The molecule has 0 aliphatic rings. The molecule has 1 aromatic carbocycles. The van der Waals surface area contributed by atoms with Crippen molar-refractivity contribution in [3.8, 4) is 0 Å². The summed E-state index contributed by atoms with van der Waals surface area (Å²) in [6.07, 6.45) is 0. The highest BCUT2D eigenvalue weighted by Gasteiger charge is 2.14. The highest BCUT2D eigenvalue weighted by Crippen LogP contribution is 2.09. The number of benzene rings is 1. The zero-order valence-electron chi connectivity index (χ0n) is 8.55. The number of hydrogen-bond donors (Lipinski definition) is 2. The molecule has 1 aromatic heterocycles. The number of aromatic carboxylic acids is 1. The number of H-pyrrole nitrogens is 1. The fourth-order valence-electron chi connectivity index (χ4n) is 1.35. The van der Waals surface area contributed by atoms with E-state index in [0.717, 1.165) is 10.2 Å². The number of nitrogens with zero attached hydrogens (tertiary/aromatic N) is 2. The van der Waals surface area contributed by atoms with Crippen molar-refractivity contribution in [2.45, 2.75) is 6.54 Å². The van der Waals surface area contributed by atoms with Gasteiger partial charge in [-0.3, -0.25) is 4.79 Å². The molecule has 6 nitrogen and oxygen atoms in total. The van der Waals surface area contributed by atoms with Crippen molar-refractivity contribution < 1.29 is 9.90 Å². The van der Waals surface area contributed by atoms with Gasteiger partial charge in [0.1, 0.15) is 0 Å². The van der Waals surface area contributed by atoms with Gasteiger partial charge in [-0.1, -0.05) is 23.7 Å². The predicted octanol–water partition coefficient (Wildman–Crippen LogP) is 0.971. The molecule has 0 saturated heterocycles. The summed E-state index contributed by atoms with van der Waals surface area (Å²) in [5.41, 5.74) is -0.358. The Bertz CT molecular complexity index is 600. The Kier molecular flexibility index (Phi) is 2.97. The third kappa shape index (κ3) is 2.36. The Balaban J connectivity index is 2.28. The van der Waals surface area contributed by atoms with E-state index in [9.17, 15) is 9.59 Å². The van der Waals surface area contributed by atoms with E-state index in [1.807, 2.05) is 0 Å². The van der Waals surface area contributed by atoms with E-state index in [2.05, 4.69) is 10.3 Å². The van der Waals surface area contributed by atoms with E-state index in [0.29, 0.717) is 5.02 Å². The van der Waals surface area contributed by atoms with Crippen molar-refractivity contribution in [1.29, 1.82) is 0 Å². The van der Waals surface area contributed by atoms with E-state index in [4.69, 9.17) is 16.7 Å². The largest absolute Gasteiger partial charge is 0.476 e. The van der Waals surface area contributed by atoms with Crippen LogP contribution in [0.1, 0.15) is 16.1 Å². The van der Waals surface area contributed by atoms with Crippen LogP contribution in [0.15, 0.2) is 29.1 Å². The molecule has 0 aliphatic heterocycles. The number of carbonyl (C=O) groups is 1. The summed E-state index contributed by atoms with van der Waals surface area (Å²) in [5.74, 6) is -1.35. The quantitative estimate of drug-likeness (QED) is 0.853. The molecular formula is C10H8ClN3O3. The van der Waals surface area contributed by atoms with Crippen LogP contribution in [0, 0.1) is 0 Å². The van der Waals surface area contributed by atoms with Crippen molar-refractivity contribution in [3.63, 3.8) is 0 Å². The first-order valence-electron chi connectivity index (χ1n) is 4.71. The van der Waals surface area contributed by atoms with E-state index >= 15 is 0 Å². The maximum atomic E-state index is 11.5. The second-order valence-electron chi connectivity index (χ2n) is 3.38. The second-order valence-corrected chi connectivity index (χ2v) is 3.82. The molecule has 0 amide bonds. The number of rotatable bonds is 3. The molecule has 17 heavy (non-hydrogen) atoms. The number of aromatic nitrogens is 3. The third-order valence-electron chi connectivity index (χ3n) is 2.19. The molecule has 0 radical (unpaired) electrons. The van der Waals surface area contributed by atoms with Crippen molar-refractivity contribution in [2.75, 3.05) is 0 Å². The van der Waals surface area contributed by atoms with Crippen molar-refractivity contribution in [3.05, 3.63) is 50.9 Å². The summed E-state index contributed by atoms with van der Waals surface area (Å²) in [7, 11) is 0. The number of carboxylic acid groups (broad SMARTS) is 1. The minimum Gasteiger partial charge on any atom is -0.476 e. The first-order valence-corrected chi connectivity index (χ1v) is 5.08. The summed E-state index contributed by atoms with van der Waals surface area (Å²) in [5, 5.41) is 15.1. The molecule has 2 rings (SSSR count). The summed E-state index contributed by atoms with van der Waals surface area (Å²) in [6, 6.07) is 6.87. The topological polar surface area (TPSA) is 88.0 Å². The molecule has 1 heterocycles. The first kappa shape index (κ1) is 11.4. The Morgan fingerprint density at radius 3 is 2.59 bits per heavy atom. The predicted molar refractivity (Wildman–Crippen MR) is 60.4 cm³/mol. The Morgan fingerprint density at radius 1 is 1.41 bits per heavy atom. The highest BCUT2D eigenvalue weighted by atomic mass is 35.5.